The lowest BCUT2D eigenvalue weighted by molar-refractivity contribution is -0.119. The summed E-state index contributed by atoms with van der Waals surface area (Å²) in [5.74, 6) is -0.0789. The van der Waals surface area contributed by atoms with Crippen LogP contribution in [0.15, 0.2) is 96.4 Å². The molecule has 1 amide bonds. The van der Waals surface area contributed by atoms with Gasteiger partial charge in [-0.15, -0.1) is 0 Å². The zero-order valence-electron chi connectivity index (χ0n) is 19.5. The Labute approximate surface area is 204 Å². The summed E-state index contributed by atoms with van der Waals surface area (Å²) < 4.78 is 35.5. The maximum atomic E-state index is 13.6. The van der Waals surface area contributed by atoms with E-state index < -0.39 is 22.5 Å². The largest absolute Gasteiger partial charge is 0.495 e. The second kappa shape index (κ2) is 10.4. The van der Waals surface area contributed by atoms with E-state index in [1.165, 1.54) is 19.2 Å². The predicted octanol–water partition coefficient (Wildman–Crippen LogP) is 3.70. The Kier molecular flexibility index (Phi) is 7.17. The highest BCUT2D eigenvalue weighted by Gasteiger charge is 2.29. The lowest BCUT2D eigenvalue weighted by Gasteiger charge is -2.26. The Balaban J connectivity index is 1.55. The fraction of sp³-hybridized carbons (Fsp3) is 0.154. The summed E-state index contributed by atoms with van der Waals surface area (Å²) in [5.41, 5.74) is 2.97. The molecule has 0 radical (unpaired) electrons. The number of hydrogen-bond donors (Lipinski definition) is 1. The fourth-order valence-electron chi connectivity index (χ4n) is 3.60. The number of imidazole rings is 1. The minimum atomic E-state index is -4.03. The number of sulfonamides is 1. The molecule has 8 nitrogen and oxygen atoms in total. The molecule has 0 unspecified atom stereocenters. The topological polar surface area (TPSA) is 93.5 Å². The highest BCUT2D eigenvalue weighted by atomic mass is 32.2. The van der Waals surface area contributed by atoms with Crippen molar-refractivity contribution in [1.29, 1.82) is 0 Å². The molecule has 1 N–H and O–H groups in total. The molecule has 9 heteroatoms. The Bertz CT molecular complexity index is 1390. The molecule has 0 fully saturated rings. The molecule has 0 bridgehead atoms. The number of carbonyl (C=O) groups is 1. The van der Waals surface area contributed by atoms with Gasteiger partial charge < -0.3 is 14.6 Å². The minimum Gasteiger partial charge on any atom is -0.495 e. The van der Waals surface area contributed by atoms with Crippen LogP contribution >= 0.6 is 0 Å². The third kappa shape index (κ3) is 5.52. The molecule has 4 aromatic rings. The van der Waals surface area contributed by atoms with Gasteiger partial charge in [-0.3, -0.25) is 9.10 Å². The number of aromatic nitrogens is 2. The average molecular weight is 491 g/mol. The summed E-state index contributed by atoms with van der Waals surface area (Å²) in [5, 5.41) is 2.82. The standard InChI is InChI=1S/C26H26N4O4S/c1-20-8-13-25(34-2)24(16-20)30(35(32,33)23-6-4-3-5-7-23)18-26(31)28-17-21-9-11-22(12-10-21)29-15-14-27-19-29/h3-16,19H,17-18H2,1-2H3,(H,28,31). The monoisotopic (exact) mass is 490 g/mol. The highest BCUT2D eigenvalue weighted by Crippen LogP contribution is 2.33. The van der Waals surface area contributed by atoms with Gasteiger partial charge in [-0.05, 0) is 54.4 Å². The first kappa shape index (κ1) is 24.0. The van der Waals surface area contributed by atoms with Gasteiger partial charge in [-0.25, -0.2) is 13.4 Å². The molecule has 0 saturated heterocycles. The van der Waals surface area contributed by atoms with E-state index in [2.05, 4.69) is 10.3 Å². The normalized spacial score (nSPS) is 11.1. The van der Waals surface area contributed by atoms with Crippen LogP contribution in [0.5, 0.6) is 5.75 Å². The second-order valence-electron chi connectivity index (χ2n) is 7.91. The number of rotatable bonds is 9. The van der Waals surface area contributed by atoms with Crippen molar-refractivity contribution in [2.75, 3.05) is 18.0 Å². The molecule has 0 aliphatic carbocycles. The first-order valence-electron chi connectivity index (χ1n) is 10.9. The van der Waals surface area contributed by atoms with Crippen molar-refractivity contribution in [3.63, 3.8) is 0 Å². The van der Waals surface area contributed by atoms with Gasteiger partial charge in [0.2, 0.25) is 5.91 Å². The zero-order chi connectivity index (χ0) is 24.8. The van der Waals surface area contributed by atoms with E-state index >= 15 is 0 Å². The van der Waals surface area contributed by atoms with Crippen LogP contribution < -0.4 is 14.4 Å². The van der Waals surface area contributed by atoms with Crippen LogP contribution in [0.3, 0.4) is 0 Å². The summed E-state index contributed by atoms with van der Waals surface area (Å²) in [6.45, 7) is 1.71. The highest BCUT2D eigenvalue weighted by molar-refractivity contribution is 7.92. The van der Waals surface area contributed by atoms with E-state index in [1.807, 2.05) is 48.0 Å². The van der Waals surface area contributed by atoms with Crippen molar-refractivity contribution in [3.8, 4) is 11.4 Å². The molecular formula is C26H26N4O4S. The minimum absolute atomic E-state index is 0.0893. The Hall–Kier alpha value is -4.11. The zero-order valence-corrected chi connectivity index (χ0v) is 20.3. The van der Waals surface area contributed by atoms with Crippen LogP contribution in [-0.4, -0.2) is 37.5 Å². The van der Waals surface area contributed by atoms with E-state index in [0.717, 1.165) is 21.1 Å². The average Bonchev–Trinajstić information content (AvgIpc) is 3.42. The van der Waals surface area contributed by atoms with Crippen LogP contribution in [0.1, 0.15) is 11.1 Å². The quantitative estimate of drug-likeness (QED) is 0.386. The summed E-state index contributed by atoms with van der Waals surface area (Å²) in [6.07, 6.45) is 5.25. The molecule has 4 rings (SSSR count). The molecule has 35 heavy (non-hydrogen) atoms. The lowest BCUT2D eigenvalue weighted by atomic mass is 10.2. The van der Waals surface area contributed by atoms with Crippen LogP contribution in [-0.2, 0) is 21.4 Å². The van der Waals surface area contributed by atoms with Gasteiger partial charge in [-0.1, -0.05) is 36.4 Å². The van der Waals surface area contributed by atoms with E-state index in [0.29, 0.717) is 11.4 Å². The molecular weight excluding hydrogens is 464 g/mol. The van der Waals surface area contributed by atoms with Gasteiger partial charge >= 0.3 is 0 Å². The van der Waals surface area contributed by atoms with Gasteiger partial charge in [0, 0.05) is 24.6 Å². The second-order valence-corrected chi connectivity index (χ2v) is 9.78. The third-order valence-electron chi connectivity index (χ3n) is 5.45. The summed E-state index contributed by atoms with van der Waals surface area (Å²) in [4.78, 5) is 17.1. The van der Waals surface area contributed by atoms with E-state index in [-0.39, 0.29) is 11.4 Å². The summed E-state index contributed by atoms with van der Waals surface area (Å²) >= 11 is 0. The fourth-order valence-corrected chi connectivity index (χ4v) is 5.04. The molecule has 3 aromatic carbocycles. The molecule has 0 saturated carbocycles. The Morgan fingerprint density at radius 3 is 2.46 bits per heavy atom. The molecule has 1 aromatic heterocycles. The maximum Gasteiger partial charge on any atom is 0.264 e. The molecule has 0 aliphatic heterocycles. The maximum absolute atomic E-state index is 13.6. The van der Waals surface area contributed by atoms with Crippen molar-refractivity contribution < 1.29 is 17.9 Å². The number of methoxy groups -OCH3 is 1. The first-order valence-corrected chi connectivity index (χ1v) is 12.4. The van der Waals surface area contributed by atoms with Gasteiger partial charge in [-0.2, -0.15) is 0 Å². The predicted molar refractivity (Wildman–Crippen MR) is 134 cm³/mol. The number of hydrogen-bond acceptors (Lipinski definition) is 5. The van der Waals surface area contributed by atoms with Crippen molar-refractivity contribution >= 4 is 21.6 Å². The molecule has 0 atom stereocenters. The SMILES string of the molecule is COc1ccc(C)cc1N(CC(=O)NCc1ccc(-n2ccnc2)cc1)S(=O)(=O)c1ccccc1. The number of ether oxygens (including phenoxy) is 1. The number of amides is 1. The molecule has 0 spiro atoms. The third-order valence-corrected chi connectivity index (χ3v) is 7.22. The van der Waals surface area contributed by atoms with Crippen molar-refractivity contribution in [1.82, 2.24) is 14.9 Å². The lowest BCUT2D eigenvalue weighted by Crippen LogP contribution is -2.40. The van der Waals surface area contributed by atoms with E-state index in [4.69, 9.17) is 4.74 Å². The van der Waals surface area contributed by atoms with Crippen molar-refractivity contribution in [2.45, 2.75) is 18.4 Å². The number of benzene rings is 3. The number of aryl methyl sites for hydroxylation is 1. The van der Waals surface area contributed by atoms with Gasteiger partial charge in [0.05, 0.1) is 24.0 Å². The number of carbonyl (C=O) groups excluding carboxylic acids is 1. The van der Waals surface area contributed by atoms with Gasteiger partial charge in [0.15, 0.2) is 0 Å². The Morgan fingerprint density at radius 2 is 1.80 bits per heavy atom. The molecule has 0 aliphatic rings. The van der Waals surface area contributed by atoms with E-state index in [9.17, 15) is 13.2 Å². The number of nitrogens with one attached hydrogen (secondary N) is 1. The van der Waals surface area contributed by atoms with Gasteiger partial charge in [0.1, 0.15) is 12.3 Å². The van der Waals surface area contributed by atoms with Crippen LogP contribution in [0.4, 0.5) is 5.69 Å². The smallest absolute Gasteiger partial charge is 0.264 e. The van der Waals surface area contributed by atoms with Crippen LogP contribution in [0.25, 0.3) is 5.69 Å². The Morgan fingerprint density at radius 1 is 1.06 bits per heavy atom. The van der Waals surface area contributed by atoms with Crippen LogP contribution in [0, 0.1) is 6.92 Å². The number of anilines is 1. The first-order chi connectivity index (χ1) is 16.9. The van der Waals surface area contributed by atoms with Gasteiger partial charge in [0.25, 0.3) is 10.0 Å². The summed E-state index contributed by atoms with van der Waals surface area (Å²) in [7, 11) is -2.56. The molecule has 180 valence electrons. The van der Waals surface area contributed by atoms with Crippen LogP contribution in [0.2, 0.25) is 0 Å². The molecule has 1 heterocycles. The summed E-state index contributed by atoms with van der Waals surface area (Å²) in [6, 6.07) is 20.9. The van der Waals surface area contributed by atoms with Crippen molar-refractivity contribution in [3.05, 3.63) is 103 Å². The van der Waals surface area contributed by atoms with Crippen molar-refractivity contribution in [2.24, 2.45) is 0 Å². The van der Waals surface area contributed by atoms with E-state index in [1.54, 1.807) is 42.9 Å². The number of nitrogens with zero attached hydrogens (tertiary/aromatic N) is 3.